The zero-order valence-electron chi connectivity index (χ0n) is 10.3. The lowest BCUT2D eigenvalue weighted by Gasteiger charge is -2.17. The average Bonchev–Trinajstić information content (AvgIpc) is 2.46. The molecule has 0 aromatic carbocycles. The Bertz CT molecular complexity index is 512. The summed E-state index contributed by atoms with van der Waals surface area (Å²) in [4.78, 5) is 14.9. The summed E-state index contributed by atoms with van der Waals surface area (Å²) in [6.07, 6.45) is 0. The molecule has 0 saturated heterocycles. The van der Waals surface area contributed by atoms with Gasteiger partial charge in [0.15, 0.2) is 10.9 Å². The Morgan fingerprint density at radius 3 is 2.47 bits per heavy atom. The maximum atomic E-state index is 11.8. The molecule has 0 aliphatic rings. The van der Waals surface area contributed by atoms with E-state index in [2.05, 4.69) is 9.71 Å². The molecular formula is C10H16N2O3S2. The zero-order chi connectivity index (χ0) is 13.3. The fraction of sp³-hybridized carbons (Fsp3) is 0.600. The Kier molecular flexibility index (Phi) is 3.93. The molecule has 1 N–H and O–H groups in total. The molecule has 0 spiro atoms. The van der Waals surface area contributed by atoms with Gasteiger partial charge in [-0.15, -0.1) is 11.3 Å². The van der Waals surface area contributed by atoms with E-state index in [0.717, 1.165) is 11.3 Å². The number of nitrogens with one attached hydrogen (secondary N) is 1. The van der Waals surface area contributed by atoms with Crippen LogP contribution in [0, 0.1) is 5.41 Å². The fourth-order valence-electron chi connectivity index (χ4n) is 1.22. The van der Waals surface area contributed by atoms with Crippen LogP contribution >= 0.6 is 11.3 Å². The summed E-state index contributed by atoms with van der Waals surface area (Å²) in [7, 11) is -3.42. The first-order valence-corrected chi connectivity index (χ1v) is 7.59. The minimum atomic E-state index is -3.42. The van der Waals surface area contributed by atoms with Crippen molar-refractivity contribution in [2.24, 2.45) is 5.41 Å². The molecule has 17 heavy (non-hydrogen) atoms. The second kappa shape index (κ2) is 4.73. The molecule has 1 aromatic heterocycles. The molecule has 0 atom stereocenters. The summed E-state index contributed by atoms with van der Waals surface area (Å²) in [5.74, 6) is -0.169. The third-order valence-electron chi connectivity index (χ3n) is 1.73. The topological polar surface area (TPSA) is 76.1 Å². The number of hydrogen-bond acceptors (Lipinski definition) is 5. The number of ketones is 1. The van der Waals surface area contributed by atoms with Crippen LogP contribution in [0.4, 0.5) is 5.13 Å². The minimum Gasteiger partial charge on any atom is -0.293 e. The molecule has 1 rings (SSSR count). The van der Waals surface area contributed by atoms with E-state index in [9.17, 15) is 13.2 Å². The number of aromatic nitrogens is 1. The van der Waals surface area contributed by atoms with Gasteiger partial charge in [-0.3, -0.25) is 9.52 Å². The minimum absolute atomic E-state index is 0.00891. The molecule has 96 valence electrons. The lowest BCUT2D eigenvalue weighted by atomic mass is 10.0. The van der Waals surface area contributed by atoms with Gasteiger partial charge in [-0.05, 0) is 5.41 Å². The van der Waals surface area contributed by atoms with Crippen molar-refractivity contribution in [3.8, 4) is 0 Å². The van der Waals surface area contributed by atoms with Gasteiger partial charge in [0.1, 0.15) is 5.69 Å². The second-order valence-electron chi connectivity index (χ2n) is 5.02. The summed E-state index contributed by atoms with van der Waals surface area (Å²) in [6, 6.07) is 0. The second-order valence-corrected chi connectivity index (χ2v) is 7.60. The monoisotopic (exact) mass is 276 g/mol. The third kappa shape index (κ3) is 4.82. The number of anilines is 1. The Hall–Kier alpha value is -0.950. The maximum absolute atomic E-state index is 11.8. The van der Waals surface area contributed by atoms with Gasteiger partial charge in [-0.1, -0.05) is 20.8 Å². The van der Waals surface area contributed by atoms with Crippen molar-refractivity contribution in [3.63, 3.8) is 0 Å². The molecule has 0 fully saturated rings. The van der Waals surface area contributed by atoms with Gasteiger partial charge < -0.3 is 0 Å². The highest BCUT2D eigenvalue weighted by Gasteiger charge is 2.22. The first-order chi connectivity index (χ1) is 7.59. The Morgan fingerprint density at radius 2 is 2.06 bits per heavy atom. The number of sulfonamides is 1. The van der Waals surface area contributed by atoms with E-state index in [4.69, 9.17) is 0 Å². The smallest absolute Gasteiger partial charge is 0.235 e. The molecule has 7 heteroatoms. The molecule has 5 nitrogen and oxygen atoms in total. The van der Waals surface area contributed by atoms with Crippen LogP contribution in [-0.4, -0.2) is 24.9 Å². The van der Waals surface area contributed by atoms with Crippen LogP contribution in [0.2, 0.25) is 0 Å². The van der Waals surface area contributed by atoms with Gasteiger partial charge in [0.25, 0.3) is 0 Å². The number of thiazole rings is 1. The largest absolute Gasteiger partial charge is 0.293 e. The standard InChI is InChI=1S/C10H16N2O3S2/c1-7(13)8-5-16-9(11-8)12-17(14,15)6-10(2,3)4/h5H,6H2,1-4H3,(H,11,12). The average molecular weight is 276 g/mol. The molecule has 1 heterocycles. The molecule has 0 radical (unpaired) electrons. The Morgan fingerprint density at radius 1 is 1.47 bits per heavy atom. The first-order valence-electron chi connectivity index (χ1n) is 5.06. The third-order valence-corrected chi connectivity index (χ3v) is 4.37. The summed E-state index contributed by atoms with van der Waals surface area (Å²) in [6.45, 7) is 6.92. The van der Waals surface area contributed by atoms with Crippen molar-refractivity contribution < 1.29 is 13.2 Å². The predicted octanol–water partition coefficient (Wildman–Crippen LogP) is 2.13. The number of hydrogen-bond donors (Lipinski definition) is 1. The van der Waals surface area contributed by atoms with Crippen LogP contribution in [0.25, 0.3) is 0 Å². The van der Waals surface area contributed by atoms with Gasteiger partial charge in [0.05, 0.1) is 5.75 Å². The fourth-order valence-corrected chi connectivity index (χ4v) is 3.91. The molecule has 0 saturated carbocycles. The van der Waals surface area contributed by atoms with Crippen LogP contribution < -0.4 is 4.72 Å². The van der Waals surface area contributed by atoms with Crippen molar-refractivity contribution in [2.45, 2.75) is 27.7 Å². The van der Waals surface area contributed by atoms with Gasteiger partial charge in [0, 0.05) is 12.3 Å². The molecule has 0 amide bonds. The van der Waals surface area contributed by atoms with Crippen molar-refractivity contribution >= 4 is 32.3 Å². The lowest BCUT2D eigenvalue weighted by molar-refractivity contribution is 0.101. The van der Waals surface area contributed by atoms with E-state index in [0.29, 0.717) is 0 Å². The number of nitrogens with zero attached hydrogens (tertiary/aromatic N) is 1. The summed E-state index contributed by atoms with van der Waals surface area (Å²) in [5.41, 5.74) is -0.0459. The van der Waals surface area contributed by atoms with Crippen LogP contribution in [0.5, 0.6) is 0 Å². The van der Waals surface area contributed by atoms with Crippen LogP contribution in [-0.2, 0) is 10.0 Å². The molecule has 0 bridgehead atoms. The number of carbonyl (C=O) groups excluding carboxylic acids is 1. The number of carbonyl (C=O) groups is 1. The van der Waals surface area contributed by atoms with Crippen LogP contribution in [0.3, 0.4) is 0 Å². The number of Topliss-reactive ketones (excluding diaryl/α,β-unsaturated/α-hetero) is 1. The van der Waals surface area contributed by atoms with Crippen molar-refractivity contribution in [2.75, 3.05) is 10.5 Å². The Labute approximate surface area is 105 Å². The van der Waals surface area contributed by atoms with Gasteiger partial charge >= 0.3 is 0 Å². The van der Waals surface area contributed by atoms with E-state index in [1.165, 1.54) is 12.3 Å². The molecule has 0 unspecified atom stereocenters. The highest BCUT2D eigenvalue weighted by Crippen LogP contribution is 2.21. The summed E-state index contributed by atoms with van der Waals surface area (Å²) >= 11 is 1.11. The van der Waals surface area contributed by atoms with E-state index in [-0.39, 0.29) is 27.8 Å². The van der Waals surface area contributed by atoms with Crippen molar-refractivity contribution in [1.29, 1.82) is 0 Å². The SMILES string of the molecule is CC(=O)c1csc(NS(=O)(=O)CC(C)(C)C)n1. The van der Waals surface area contributed by atoms with E-state index < -0.39 is 10.0 Å². The molecule has 0 aliphatic heterocycles. The van der Waals surface area contributed by atoms with Crippen molar-refractivity contribution in [3.05, 3.63) is 11.1 Å². The van der Waals surface area contributed by atoms with Crippen LogP contribution in [0.15, 0.2) is 5.38 Å². The highest BCUT2D eigenvalue weighted by atomic mass is 32.2. The van der Waals surface area contributed by atoms with Crippen LogP contribution in [0.1, 0.15) is 38.2 Å². The van der Waals surface area contributed by atoms with Gasteiger partial charge in [-0.25, -0.2) is 13.4 Å². The van der Waals surface area contributed by atoms with Gasteiger partial charge in [0.2, 0.25) is 10.0 Å². The van der Waals surface area contributed by atoms with Crippen molar-refractivity contribution in [1.82, 2.24) is 4.98 Å². The zero-order valence-corrected chi connectivity index (χ0v) is 11.9. The van der Waals surface area contributed by atoms with E-state index in [1.54, 1.807) is 0 Å². The first kappa shape index (κ1) is 14.1. The molecular weight excluding hydrogens is 260 g/mol. The lowest BCUT2D eigenvalue weighted by Crippen LogP contribution is -2.26. The van der Waals surface area contributed by atoms with E-state index >= 15 is 0 Å². The summed E-state index contributed by atoms with van der Waals surface area (Å²) < 4.78 is 25.9. The highest BCUT2D eigenvalue weighted by molar-refractivity contribution is 7.92. The maximum Gasteiger partial charge on any atom is 0.235 e. The molecule has 1 aromatic rings. The normalized spacial score (nSPS) is 12.5. The molecule has 0 aliphatic carbocycles. The van der Waals surface area contributed by atoms with E-state index in [1.807, 2.05) is 20.8 Å². The van der Waals surface area contributed by atoms with Gasteiger partial charge in [-0.2, -0.15) is 0 Å². The predicted molar refractivity (Wildman–Crippen MR) is 69.0 cm³/mol. The number of rotatable bonds is 4. The summed E-state index contributed by atoms with van der Waals surface area (Å²) in [5, 5.41) is 1.77. The quantitative estimate of drug-likeness (QED) is 0.855. The Balaban J connectivity index is 2.80.